The maximum absolute atomic E-state index is 3.60. The topological polar surface area (TPSA) is 17.0 Å². The van der Waals surface area contributed by atoms with Gasteiger partial charge in [0.2, 0.25) is 0 Å². The van der Waals surface area contributed by atoms with Gasteiger partial charge in [0.15, 0.2) is 0 Å². The molecule has 0 saturated heterocycles. The molecule has 224 valence electrons. The summed E-state index contributed by atoms with van der Waals surface area (Å²) >= 11 is 0. The largest absolute Gasteiger partial charge is 0.356 e. The average molecular weight is 603 g/mol. The Bertz CT molecular complexity index is 2430. The number of nitrogens with one attached hydrogen (secondary N) is 1. The summed E-state index contributed by atoms with van der Waals surface area (Å²) in [6.45, 7) is 2.39. The Balaban J connectivity index is 1.07. The van der Waals surface area contributed by atoms with Gasteiger partial charge < -0.3 is 9.88 Å². The lowest BCUT2D eigenvalue weighted by molar-refractivity contribution is 0.639. The number of fused-ring (bicyclic) bond motifs is 5. The first-order valence-electron chi connectivity index (χ1n) is 16.5. The molecule has 47 heavy (non-hydrogen) atoms. The number of rotatable bonds is 5. The van der Waals surface area contributed by atoms with E-state index in [-0.39, 0.29) is 11.8 Å². The Morgan fingerprint density at radius 1 is 0.532 bits per heavy atom. The van der Waals surface area contributed by atoms with Crippen molar-refractivity contribution in [1.29, 1.82) is 0 Å². The van der Waals surface area contributed by atoms with Crippen molar-refractivity contribution in [3.8, 4) is 16.8 Å². The minimum Gasteiger partial charge on any atom is -0.356 e. The number of aromatic nitrogens is 1. The lowest BCUT2D eigenvalue weighted by atomic mass is 9.79. The van der Waals surface area contributed by atoms with Gasteiger partial charge in [0.05, 0.1) is 5.52 Å². The van der Waals surface area contributed by atoms with Crippen molar-refractivity contribution < 1.29 is 0 Å². The predicted molar refractivity (Wildman–Crippen MR) is 200 cm³/mol. The van der Waals surface area contributed by atoms with Crippen molar-refractivity contribution in [2.75, 3.05) is 5.32 Å². The average Bonchev–Trinajstić information content (AvgIpc) is 3.45. The Morgan fingerprint density at radius 2 is 1.13 bits per heavy atom. The molecular weight excluding hydrogens is 569 g/mol. The van der Waals surface area contributed by atoms with E-state index in [1.807, 2.05) is 0 Å². The highest BCUT2D eigenvalue weighted by atomic mass is 15.0. The summed E-state index contributed by atoms with van der Waals surface area (Å²) in [6, 6.07) is 57.2. The fraction of sp³-hybridized carbons (Fsp3) is 0.0667. The van der Waals surface area contributed by atoms with Crippen LogP contribution < -0.4 is 5.32 Å². The smallest absolute Gasteiger partial charge is 0.0544 e. The van der Waals surface area contributed by atoms with Crippen LogP contribution in [0, 0.1) is 0 Å². The summed E-state index contributed by atoms with van der Waals surface area (Å²) in [5.74, 6) is 0.543. The summed E-state index contributed by atoms with van der Waals surface area (Å²) < 4.78 is 2.53. The van der Waals surface area contributed by atoms with E-state index in [0.29, 0.717) is 0 Å². The number of allylic oxidation sites excluding steroid dienone is 1. The first-order chi connectivity index (χ1) is 23.2. The van der Waals surface area contributed by atoms with Crippen LogP contribution in [0.1, 0.15) is 35.6 Å². The maximum atomic E-state index is 3.60. The molecule has 0 radical (unpaired) electrons. The second-order valence-electron chi connectivity index (χ2n) is 12.7. The van der Waals surface area contributed by atoms with Gasteiger partial charge in [-0.05, 0) is 86.8 Å². The van der Waals surface area contributed by atoms with Gasteiger partial charge in [0.1, 0.15) is 0 Å². The monoisotopic (exact) mass is 602 g/mol. The molecule has 2 heteroatoms. The molecule has 0 aliphatic heterocycles. The van der Waals surface area contributed by atoms with E-state index in [1.54, 1.807) is 0 Å². The van der Waals surface area contributed by atoms with Crippen LogP contribution >= 0.6 is 0 Å². The minimum absolute atomic E-state index is 0.264. The van der Waals surface area contributed by atoms with E-state index in [1.165, 1.54) is 66.1 Å². The second kappa shape index (κ2) is 11.2. The molecule has 0 saturated carbocycles. The zero-order valence-corrected chi connectivity index (χ0v) is 26.3. The number of benzene rings is 7. The van der Waals surface area contributed by atoms with Crippen LogP contribution in [0.3, 0.4) is 0 Å². The van der Waals surface area contributed by atoms with Gasteiger partial charge in [-0.15, -0.1) is 0 Å². The number of hydrogen-bond donors (Lipinski definition) is 1. The fourth-order valence-corrected chi connectivity index (χ4v) is 7.50. The van der Waals surface area contributed by atoms with Crippen molar-refractivity contribution in [1.82, 2.24) is 4.57 Å². The standard InChI is InChI=1S/C45H34N2/c1-30-41(34-17-22-39(23-18-34)46-38-20-15-33(16-21-38)31-9-3-2-4-10-31)25-26-42-43-28-36-13-7-8-14-37(36)29-44(43)47(45(30)42)40-24-19-32-11-5-6-12-35(32)27-40/h2-30,41,46H,1H3. The highest BCUT2D eigenvalue weighted by molar-refractivity contribution is 6.03. The molecule has 1 aliphatic carbocycles. The van der Waals surface area contributed by atoms with Crippen LogP contribution in [0.25, 0.3) is 55.3 Å². The summed E-state index contributed by atoms with van der Waals surface area (Å²) in [6.07, 6.45) is 4.78. The third kappa shape index (κ3) is 4.81. The maximum Gasteiger partial charge on any atom is 0.0544 e. The van der Waals surface area contributed by atoms with Crippen molar-refractivity contribution >= 4 is 49.9 Å². The van der Waals surface area contributed by atoms with Crippen LogP contribution in [-0.2, 0) is 0 Å². The Hall–Kier alpha value is -5.86. The molecule has 8 aromatic rings. The van der Waals surface area contributed by atoms with Gasteiger partial charge in [0, 0.05) is 45.5 Å². The molecule has 0 fully saturated rings. The predicted octanol–water partition coefficient (Wildman–Crippen LogP) is 12.3. The molecule has 1 aromatic heterocycles. The first kappa shape index (κ1) is 27.5. The lowest BCUT2D eigenvalue weighted by Gasteiger charge is -2.28. The van der Waals surface area contributed by atoms with Crippen LogP contribution in [0.2, 0.25) is 0 Å². The van der Waals surface area contributed by atoms with Crippen LogP contribution in [0.5, 0.6) is 0 Å². The quantitative estimate of drug-likeness (QED) is 0.207. The Labute approximate surface area is 275 Å². The highest BCUT2D eigenvalue weighted by Crippen LogP contribution is 2.46. The van der Waals surface area contributed by atoms with Crippen molar-refractivity contribution in [2.24, 2.45) is 0 Å². The van der Waals surface area contributed by atoms with Gasteiger partial charge in [-0.1, -0.05) is 128 Å². The van der Waals surface area contributed by atoms with E-state index in [4.69, 9.17) is 0 Å². The summed E-state index contributed by atoms with van der Waals surface area (Å²) in [5, 5.41) is 9.97. The fourth-order valence-electron chi connectivity index (χ4n) is 7.50. The van der Waals surface area contributed by atoms with E-state index in [9.17, 15) is 0 Å². The van der Waals surface area contributed by atoms with Gasteiger partial charge in [0.25, 0.3) is 0 Å². The minimum atomic E-state index is 0.264. The normalized spacial score (nSPS) is 15.7. The zero-order chi connectivity index (χ0) is 31.3. The molecule has 2 atom stereocenters. The summed E-state index contributed by atoms with van der Waals surface area (Å²) in [4.78, 5) is 0. The van der Waals surface area contributed by atoms with E-state index in [0.717, 1.165) is 11.4 Å². The molecular formula is C45H34N2. The molecule has 1 aliphatic rings. The molecule has 1 N–H and O–H groups in total. The number of anilines is 2. The molecule has 2 unspecified atom stereocenters. The van der Waals surface area contributed by atoms with E-state index >= 15 is 0 Å². The number of hydrogen-bond acceptors (Lipinski definition) is 1. The molecule has 7 aromatic carbocycles. The van der Waals surface area contributed by atoms with Gasteiger partial charge in [-0.25, -0.2) is 0 Å². The van der Waals surface area contributed by atoms with Crippen LogP contribution in [-0.4, -0.2) is 4.57 Å². The molecule has 9 rings (SSSR count). The zero-order valence-electron chi connectivity index (χ0n) is 26.3. The molecule has 0 spiro atoms. The molecule has 2 nitrogen and oxygen atoms in total. The van der Waals surface area contributed by atoms with Crippen LogP contribution in [0.15, 0.2) is 164 Å². The SMILES string of the molecule is CC1c2c(c3cc4ccccc4cc3n2-c2ccc3ccccc3c2)C=CC1c1ccc(Nc2ccc(-c3ccccc3)cc2)cc1. The third-order valence-electron chi connectivity index (χ3n) is 9.92. The second-order valence-corrected chi connectivity index (χ2v) is 12.7. The van der Waals surface area contributed by atoms with Gasteiger partial charge >= 0.3 is 0 Å². The Morgan fingerprint density at radius 3 is 1.85 bits per heavy atom. The third-order valence-corrected chi connectivity index (χ3v) is 9.92. The van der Waals surface area contributed by atoms with E-state index in [2.05, 4.69) is 187 Å². The molecule has 0 bridgehead atoms. The summed E-state index contributed by atoms with van der Waals surface area (Å²) in [5.41, 5.74) is 11.1. The Kier molecular flexibility index (Phi) is 6.53. The lowest BCUT2D eigenvalue weighted by Crippen LogP contribution is -2.14. The van der Waals surface area contributed by atoms with Gasteiger partial charge in [-0.2, -0.15) is 0 Å². The van der Waals surface area contributed by atoms with Crippen molar-refractivity contribution in [3.05, 3.63) is 181 Å². The van der Waals surface area contributed by atoms with E-state index < -0.39 is 0 Å². The van der Waals surface area contributed by atoms with Crippen LogP contribution in [0.4, 0.5) is 11.4 Å². The molecule has 1 heterocycles. The molecule has 0 amide bonds. The number of nitrogens with zero attached hydrogens (tertiary/aromatic N) is 1. The van der Waals surface area contributed by atoms with Gasteiger partial charge in [-0.3, -0.25) is 0 Å². The first-order valence-corrected chi connectivity index (χ1v) is 16.5. The van der Waals surface area contributed by atoms with Crippen molar-refractivity contribution in [3.63, 3.8) is 0 Å². The van der Waals surface area contributed by atoms with Crippen molar-refractivity contribution in [2.45, 2.75) is 18.8 Å². The highest BCUT2D eigenvalue weighted by Gasteiger charge is 2.30. The summed E-state index contributed by atoms with van der Waals surface area (Å²) in [7, 11) is 0.